The Kier molecular flexibility index (Phi) is 21.0. The van der Waals surface area contributed by atoms with Crippen molar-refractivity contribution < 1.29 is 19.1 Å². The summed E-state index contributed by atoms with van der Waals surface area (Å²) in [6.45, 7) is 7.02. The summed E-state index contributed by atoms with van der Waals surface area (Å²) in [6, 6.07) is 5.45. The van der Waals surface area contributed by atoms with Gasteiger partial charge in [0.2, 0.25) is 5.91 Å². The summed E-state index contributed by atoms with van der Waals surface area (Å²) >= 11 is 0. The number of methoxy groups -OCH3 is 1. The zero-order valence-corrected chi connectivity index (χ0v) is 25.5. The number of benzene rings is 1. The van der Waals surface area contributed by atoms with Crippen molar-refractivity contribution in [3.63, 3.8) is 0 Å². The Morgan fingerprint density at radius 1 is 0.795 bits per heavy atom. The van der Waals surface area contributed by atoms with Gasteiger partial charge in [-0.1, -0.05) is 116 Å². The van der Waals surface area contributed by atoms with Crippen molar-refractivity contribution in [2.45, 2.75) is 143 Å². The highest BCUT2D eigenvalue weighted by atomic mass is 16.6. The molecule has 0 aliphatic heterocycles. The number of nitrogens with one attached hydrogen (secondary N) is 1. The molecule has 5 heteroatoms. The zero-order valence-electron chi connectivity index (χ0n) is 25.5. The van der Waals surface area contributed by atoms with E-state index in [-0.39, 0.29) is 11.9 Å². The second-order valence-electron chi connectivity index (χ2n) is 11.1. The molecule has 1 N–H and O–H groups in total. The fraction of sp³-hybridized carbons (Fsp3) is 0.706. The monoisotopic (exact) mass is 543 g/mol. The standard InChI is InChI=1S/C34H57NO4/c1-5-6-7-8-9-10-11-12-13-14-15-16-21-24-34(37)39-31-26-25-30(27-32(31)38-4)28-35-33(36)23-20-18-17-19-22-29(2)3/h19,22,25-27,29H,5-18,20-21,23-24,28H2,1-4H3,(H,35,36). The highest BCUT2D eigenvalue weighted by molar-refractivity contribution is 5.76. The first-order valence-corrected chi connectivity index (χ1v) is 15.8. The quantitative estimate of drug-likeness (QED) is 0.0610. The Labute approximate surface area is 239 Å². The molecule has 0 spiro atoms. The Balaban J connectivity index is 2.18. The summed E-state index contributed by atoms with van der Waals surface area (Å²) in [5.41, 5.74) is 0.913. The molecular formula is C34H57NO4. The summed E-state index contributed by atoms with van der Waals surface area (Å²) in [4.78, 5) is 24.5. The second-order valence-corrected chi connectivity index (χ2v) is 11.1. The highest BCUT2D eigenvalue weighted by Crippen LogP contribution is 2.28. The van der Waals surface area contributed by atoms with Crippen LogP contribution in [0.15, 0.2) is 30.4 Å². The summed E-state index contributed by atoms with van der Waals surface area (Å²) in [6.07, 6.45) is 24.9. The lowest BCUT2D eigenvalue weighted by Crippen LogP contribution is -2.22. The van der Waals surface area contributed by atoms with Crippen LogP contribution in [0.3, 0.4) is 0 Å². The van der Waals surface area contributed by atoms with E-state index in [1.54, 1.807) is 13.2 Å². The van der Waals surface area contributed by atoms with Crippen LogP contribution in [0.2, 0.25) is 0 Å². The number of allylic oxidation sites excluding steroid dienone is 2. The number of hydrogen-bond donors (Lipinski definition) is 1. The summed E-state index contributed by atoms with van der Waals surface area (Å²) in [7, 11) is 1.56. The van der Waals surface area contributed by atoms with Crippen LogP contribution in [0, 0.1) is 5.92 Å². The van der Waals surface area contributed by atoms with Gasteiger partial charge in [0.15, 0.2) is 11.5 Å². The normalized spacial score (nSPS) is 11.3. The predicted octanol–water partition coefficient (Wildman–Crippen LogP) is 9.47. The third-order valence-corrected chi connectivity index (χ3v) is 6.97. The fourth-order valence-electron chi connectivity index (χ4n) is 4.57. The largest absolute Gasteiger partial charge is 0.493 e. The molecule has 0 atom stereocenters. The lowest BCUT2D eigenvalue weighted by molar-refractivity contribution is -0.134. The van der Waals surface area contributed by atoms with Crippen LogP contribution in [0.4, 0.5) is 0 Å². The third-order valence-electron chi connectivity index (χ3n) is 6.97. The van der Waals surface area contributed by atoms with E-state index in [1.165, 1.54) is 70.6 Å². The van der Waals surface area contributed by atoms with Gasteiger partial charge in [0.1, 0.15) is 0 Å². The molecule has 0 aromatic heterocycles. The van der Waals surface area contributed by atoms with Crippen molar-refractivity contribution in [1.29, 1.82) is 0 Å². The minimum atomic E-state index is -0.222. The number of carbonyl (C=O) groups excluding carboxylic acids is 2. The minimum absolute atomic E-state index is 0.0510. The SMILES string of the molecule is CCCCCCCCCCCCCCCC(=O)Oc1ccc(CNC(=O)CCCCC=CC(C)C)cc1OC. The molecular weight excluding hydrogens is 486 g/mol. The number of esters is 1. The molecule has 0 saturated carbocycles. The van der Waals surface area contributed by atoms with Crippen LogP contribution >= 0.6 is 0 Å². The third kappa shape index (κ3) is 19.4. The molecule has 0 unspecified atom stereocenters. The molecule has 1 rings (SSSR count). The van der Waals surface area contributed by atoms with Crippen LogP contribution in [0.25, 0.3) is 0 Å². The topological polar surface area (TPSA) is 64.6 Å². The molecule has 1 aromatic carbocycles. The van der Waals surface area contributed by atoms with Crippen LogP contribution in [-0.4, -0.2) is 19.0 Å². The Morgan fingerprint density at radius 2 is 1.38 bits per heavy atom. The molecule has 0 fully saturated rings. The molecule has 5 nitrogen and oxygen atoms in total. The van der Waals surface area contributed by atoms with Gasteiger partial charge >= 0.3 is 5.97 Å². The van der Waals surface area contributed by atoms with Crippen LogP contribution in [-0.2, 0) is 16.1 Å². The number of rotatable bonds is 24. The molecule has 0 radical (unpaired) electrons. The van der Waals surface area contributed by atoms with Gasteiger partial charge in [-0.15, -0.1) is 0 Å². The van der Waals surface area contributed by atoms with Gasteiger partial charge in [-0.2, -0.15) is 0 Å². The molecule has 39 heavy (non-hydrogen) atoms. The highest BCUT2D eigenvalue weighted by Gasteiger charge is 2.11. The summed E-state index contributed by atoms with van der Waals surface area (Å²) in [5.74, 6) is 1.35. The lowest BCUT2D eigenvalue weighted by Gasteiger charge is -2.12. The van der Waals surface area contributed by atoms with Crippen LogP contribution in [0.5, 0.6) is 11.5 Å². The van der Waals surface area contributed by atoms with Gasteiger partial charge in [-0.3, -0.25) is 9.59 Å². The molecule has 0 aliphatic rings. The Morgan fingerprint density at radius 3 is 1.97 bits per heavy atom. The number of unbranched alkanes of at least 4 members (excludes halogenated alkanes) is 14. The first kappa shape index (κ1) is 34.7. The van der Waals surface area contributed by atoms with E-state index in [4.69, 9.17) is 9.47 Å². The number of carbonyl (C=O) groups is 2. The van der Waals surface area contributed by atoms with Gasteiger partial charge in [0.25, 0.3) is 0 Å². The minimum Gasteiger partial charge on any atom is -0.493 e. The van der Waals surface area contributed by atoms with Gasteiger partial charge in [-0.25, -0.2) is 0 Å². The maximum atomic E-state index is 12.3. The van der Waals surface area contributed by atoms with Gasteiger partial charge in [-0.05, 0) is 49.3 Å². The molecule has 1 amide bonds. The second kappa shape index (κ2) is 23.6. The van der Waals surface area contributed by atoms with E-state index in [0.29, 0.717) is 36.8 Å². The lowest BCUT2D eigenvalue weighted by atomic mass is 10.0. The average molecular weight is 544 g/mol. The number of amides is 1. The van der Waals surface area contributed by atoms with Crippen molar-refractivity contribution >= 4 is 11.9 Å². The smallest absolute Gasteiger partial charge is 0.311 e. The van der Waals surface area contributed by atoms with E-state index in [2.05, 4.69) is 38.2 Å². The van der Waals surface area contributed by atoms with Gasteiger partial charge in [0.05, 0.1) is 7.11 Å². The van der Waals surface area contributed by atoms with Crippen LogP contribution < -0.4 is 14.8 Å². The number of ether oxygens (including phenoxy) is 2. The first-order valence-electron chi connectivity index (χ1n) is 15.8. The maximum Gasteiger partial charge on any atom is 0.311 e. The van der Waals surface area contributed by atoms with E-state index in [9.17, 15) is 9.59 Å². The Hall–Kier alpha value is -2.30. The predicted molar refractivity (Wildman–Crippen MR) is 163 cm³/mol. The fourth-order valence-corrected chi connectivity index (χ4v) is 4.57. The van der Waals surface area contributed by atoms with Crippen molar-refractivity contribution in [2.24, 2.45) is 5.92 Å². The molecule has 1 aromatic rings. The first-order chi connectivity index (χ1) is 19.0. The summed E-state index contributed by atoms with van der Waals surface area (Å²) < 4.78 is 11.0. The van der Waals surface area contributed by atoms with Crippen LogP contribution in [0.1, 0.15) is 142 Å². The molecule has 0 bridgehead atoms. The Bertz CT molecular complexity index is 802. The van der Waals surface area contributed by atoms with E-state index >= 15 is 0 Å². The molecule has 0 heterocycles. The van der Waals surface area contributed by atoms with E-state index < -0.39 is 0 Å². The molecule has 0 saturated heterocycles. The summed E-state index contributed by atoms with van der Waals surface area (Å²) in [5, 5.41) is 2.97. The maximum absolute atomic E-state index is 12.3. The number of hydrogen-bond acceptors (Lipinski definition) is 4. The van der Waals surface area contributed by atoms with E-state index in [1.807, 2.05) is 12.1 Å². The molecule has 222 valence electrons. The van der Waals surface area contributed by atoms with Crippen molar-refractivity contribution in [3.05, 3.63) is 35.9 Å². The average Bonchev–Trinajstić information content (AvgIpc) is 2.92. The van der Waals surface area contributed by atoms with Gasteiger partial charge in [0, 0.05) is 19.4 Å². The van der Waals surface area contributed by atoms with E-state index in [0.717, 1.165) is 37.7 Å². The van der Waals surface area contributed by atoms with Crippen molar-refractivity contribution in [1.82, 2.24) is 5.32 Å². The van der Waals surface area contributed by atoms with Crippen molar-refractivity contribution in [3.8, 4) is 11.5 Å². The molecule has 0 aliphatic carbocycles. The zero-order chi connectivity index (χ0) is 28.6. The van der Waals surface area contributed by atoms with Crippen molar-refractivity contribution in [2.75, 3.05) is 7.11 Å². The van der Waals surface area contributed by atoms with Gasteiger partial charge < -0.3 is 14.8 Å².